The van der Waals surface area contributed by atoms with Gasteiger partial charge in [0.25, 0.3) is 5.91 Å². The normalized spacial score (nSPS) is 14.0. The third-order valence-corrected chi connectivity index (χ3v) is 3.86. The van der Waals surface area contributed by atoms with Crippen LogP contribution in [0.4, 0.5) is 11.4 Å². The van der Waals surface area contributed by atoms with E-state index < -0.39 is 6.10 Å². The second-order valence-electron chi connectivity index (χ2n) is 5.73. The second-order valence-corrected chi connectivity index (χ2v) is 5.73. The molecule has 0 saturated carbocycles. The lowest BCUT2D eigenvalue weighted by molar-refractivity contribution is 0.00596. The molecule has 0 atom stereocenters. The summed E-state index contributed by atoms with van der Waals surface area (Å²) in [6.45, 7) is 2.70. The number of benzene rings is 2. The Morgan fingerprint density at radius 2 is 1.96 bits per heavy atom. The van der Waals surface area contributed by atoms with Crippen LogP contribution in [0.3, 0.4) is 0 Å². The number of hydrogen-bond donors (Lipinski definition) is 2. The number of nitrogens with zero attached hydrogens (tertiary/aromatic N) is 2. The summed E-state index contributed by atoms with van der Waals surface area (Å²) in [5, 5.41) is 21.7. The minimum atomic E-state index is -0.439. The average Bonchev–Trinajstić information content (AvgIpc) is 2.53. The standard InChI is InChI=1S/C18H17N3O2/c1-12-2-5-14(6-3-12)20-17-8-13(9-19)4-7-16(17)18(23)21-10-15(22)11-21/h2-8,15,20,22H,10-11H2,1H3. The molecule has 0 bridgehead atoms. The van der Waals surface area contributed by atoms with Gasteiger partial charge in [0, 0.05) is 18.8 Å². The minimum Gasteiger partial charge on any atom is -0.389 e. The highest BCUT2D eigenvalue weighted by molar-refractivity contribution is 6.01. The Labute approximate surface area is 134 Å². The van der Waals surface area contributed by atoms with Crippen LogP contribution in [-0.2, 0) is 0 Å². The Balaban J connectivity index is 1.91. The topological polar surface area (TPSA) is 76.4 Å². The molecule has 1 saturated heterocycles. The molecule has 0 aliphatic carbocycles. The van der Waals surface area contributed by atoms with Crippen molar-refractivity contribution in [2.75, 3.05) is 18.4 Å². The van der Waals surface area contributed by atoms with Crippen LogP contribution in [0, 0.1) is 18.3 Å². The van der Waals surface area contributed by atoms with Crippen molar-refractivity contribution < 1.29 is 9.90 Å². The van der Waals surface area contributed by atoms with Gasteiger partial charge in [-0.1, -0.05) is 17.7 Å². The van der Waals surface area contributed by atoms with Crippen LogP contribution in [-0.4, -0.2) is 35.1 Å². The number of amides is 1. The zero-order valence-electron chi connectivity index (χ0n) is 12.8. The van der Waals surface area contributed by atoms with Crippen molar-refractivity contribution in [1.82, 2.24) is 4.90 Å². The highest BCUT2D eigenvalue weighted by Gasteiger charge is 2.30. The number of aliphatic hydroxyl groups excluding tert-OH is 1. The van der Waals surface area contributed by atoms with Gasteiger partial charge in [0.05, 0.1) is 29.0 Å². The molecule has 23 heavy (non-hydrogen) atoms. The molecule has 1 aliphatic rings. The van der Waals surface area contributed by atoms with Gasteiger partial charge in [0.2, 0.25) is 0 Å². The van der Waals surface area contributed by atoms with Crippen molar-refractivity contribution in [1.29, 1.82) is 5.26 Å². The molecule has 5 nitrogen and oxygen atoms in total. The van der Waals surface area contributed by atoms with Crippen LogP contribution in [0.25, 0.3) is 0 Å². The maximum Gasteiger partial charge on any atom is 0.256 e. The number of aryl methyl sites for hydroxylation is 1. The fourth-order valence-corrected chi connectivity index (χ4v) is 2.49. The summed E-state index contributed by atoms with van der Waals surface area (Å²) in [5.41, 5.74) is 3.58. The summed E-state index contributed by atoms with van der Waals surface area (Å²) in [6, 6.07) is 14.8. The van der Waals surface area contributed by atoms with E-state index in [0.717, 1.165) is 11.3 Å². The number of carbonyl (C=O) groups excluding carboxylic acids is 1. The first kappa shape index (κ1) is 15.1. The Bertz CT molecular complexity index is 772. The average molecular weight is 307 g/mol. The van der Waals surface area contributed by atoms with Gasteiger partial charge in [-0.3, -0.25) is 4.79 Å². The Hall–Kier alpha value is -2.84. The SMILES string of the molecule is Cc1ccc(Nc2cc(C#N)ccc2C(=O)N2CC(O)C2)cc1. The lowest BCUT2D eigenvalue weighted by atomic mass is 10.0. The molecule has 1 aliphatic heterocycles. The number of aliphatic hydroxyl groups is 1. The van der Waals surface area contributed by atoms with Crippen molar-refractivity contribution in [3.05, 3.63) is 59.2 Å². The van der Waals surface area contributed by atoms with Gasteiger partial charge < -0.3 is 15.3 Å². The highest BCUT2D eigenvalue weighted by atomic mass is 16.3. The summed E-state index contributed by atoms with van der Waals surface area (Å²) in [5.74, 6) is -0.144. The van der Waals surface area contributed by atoms with E-state index in [1.54, 1.807) is 23.1 Å². The van der Waals surface area contributed by atoms with E-state index in [1.165, 1.54) is 0 Å². The van der Waals surface area contributed by atoms with Crippen molar-refractivity contribution >= 4 is 17.3 Å². The molecular formula is C18H17N3O2. The number of nitrogens with one attached hydrogen (secondary N) is 1. The molecule has 1 heterocycles. The monoisotopic (exact) mass is 307 g/mol. The number of carbonyl (C=O) groups is 1. The molecule has 0 radical (unpaired) electrons. The first-order valence-corrected chi connectivity index (χ1v) is 7.42. The number of nitriles is 1. The maximum atomic E-state index is 12.5. The summed E-state index contributed by atoms with van der Waals surface area (Å²) in [4.78, 5) is 14.1. The zero-order chi connectivity index (χ0) is 16.4. The first-order chi connectivity index (χ1) is 11.1. The Kier molecular flexibility index (Phi) is 4.00. The molecule has 2 N–H and O–H groups in total. The maximum absolute atomic E-state index is 12.5. The summed E-state index contributed by atoms with van der Waals surface area (Å²) < 4.78 is 0. The summed E-state index contributed by atoms with van der Waals surface area (Å²) in [6.07, 6.45) is -0.439. The smallest absolute Gasteiger partial charge is 0.256 e. The summed E-state index contributed by atoms with van der Waals surface area (Å²) >= 11 is 0. The van der Waals surface area contributed by atoms with Gasteiger partial charge in [0.15, 0.2) is 0 Å². The molecule has 116 valence electrons. The number of rotatable bonds is 3. The van der Waals surface area contributed by atoms with E-state index in [1.807, 2.05) is 31.2 Å². The highest BCUT2D eigenvalue weighted by Crippen LogP contribution is 2.25. The molecular weight excluding hydrogens is 290 g/mol. The Morgan fingerprint density at radius 1 is 1.26 bits per heavy atom. The molecule has 1 amide bonds. The fourth-order valence-electron chi connectivity index (χ4n) is 2.49. The minimum absolute atomic E-state index is 0.144. The van der Waals surface area contributed by atoms with Crippen LogP contribution in [0.15, 0.2) is 42.5 Å². The molecule has 2 aromatic rings. The van der Waals surface area contributed by atoms with Crippen LogP contribution >= 0.6 is 0 Å². The molecule has 0 spiro atoms. The van der Waals surface area contributed by atoms with Gasteiger partial charge in [-0.2, -0.15) is 5.26 Å². The van der Waals surface area contributed by atoms with Gasteiger partial charge in [-0.25, -0.2) is 0 Å². The van der Waals surface area contributed by atoms with Crippen molar-refractivity contribution in [2.24, 2.45) is 0 Å². The number of anilines is 2. The van der Waals surface area contributed by atoms with Crippen molar-refractivity contribution in [2.45, 2.75) is 13.0 Å². The first-order valence-electron chi connectivity index (χ1n) is 7.42. The molecule has 3 rings (SSSR count). The van der Waals surface area contributed by atoms with E-state index in [-0.39, 0.29) is 5.91 Å². The van der Waals surface area contributed by atoms with Crippen LogP contribution < -0.4 is 5.32 Å². The number of hydrogen-bond acceptors (Lipinski definition) is 4. The molecule has 0 aromatic heterocycles. The predicted octanol–water partition coefficient (Wildman–Crippen LogP) is 2.43. The zero-order valence-corrected chi connectivity index (χ0v) is 12.8. The lowest BCUT2D eigenvalue weighted by Crippen LogP contribution is -2.53. The van der Waals surface area contributed by atoms with Crippen molar-refractivity contribution in [3.63, 3.8) is 0 Å². The molecule has 2 aromatic carbocycles. The third-order valence-electron chi connectivity index (χ3n) is 3.86. The summed E-state index contributed by atoms with van der Waals surface area (Å²) in [7, 11) is 0. The van der Waals surface area contributed by atoms with Crippen LogP contribution in [0.5, 0.6) is 0 Å². The fraction of sp³-hybridized carbons (Fsp3) is 0.222. The van der Waals surface area contributed by atoms with Gasteiger partial charge in [0.1, 0.15) is 0 Å². The van der Waals surface area contributed by atoms with E-state index in [2.05, 4.69) is 11.4 Å². The van der Waals surface area contributed by atoms with Crippen molar-refractivity contribution in [3.8, 4) is 6.07 Å². The lowest BCUT2D eigenvalue weighted by Gasteiger charge is -2.36. The Morgan fingerprint density at radius 3 is 2.57 bits per heavy atom. The van der Waals surface area contributed by atoms with E-state index >= 15 is 0 Å². The van der Waals surface area contributed by atoms with E-state index in [0.29, 0.717) is 29.9 Å². The van der Waals surface area contributed by atoms with E-state index in [9.17, 15) is 9.90 Å². The van der Waals surface area contributed by atoms with Gasteiger partial charge in [-0.15, -0.1) is 0 Å². The molecule has 5 heteroatoms. The van der Waals surface area contributed by atoms with Gasteiger partial charge >= 0.3 is 0 Å². The largest absolute Gasteiger partial charge is 0.389 e. The quantitative estimate of drug-likeness (QED) is 0.913. The van der Waals surface area contributed by atoms with Crippen LogP contribution in [0.2, 0.25) is 0 Å². The predicted molar refractivity (Wildman–Crippen MR) is 87.5 cm³/mol. The van der Waals surface area contributed by atoms with E-state index in [4.69, 9.17) is 5.26 Å². The number of likely N-dealkylation sites (tertiary alicyclic amines) is 1. The molecule has 0 unspecified atom stereocenters. The van der Waals surface area contributed by atoms with Crippen LogP contribution in [0.1, 0.15) is 21.5 Å². The number of β-amino-alcohol motifs (C(OH)–C–C–N with tert-alkyl or cyclic N) is 1. The molecule has 1 fully saturated rings. The van der Waals surface area contributed by atoms with Gasteiger partial charge in [-0.05, 0) is 37.3 Å². The second kappa shape index (κ2) is 6.11. The third kappa shape index (κ3) is 3.17.